The zero-order valence-corrected chi connectivity index (χ0v) is 14.5. The number of carbonyl (C=O) groups is 2. The fourth-order valence-electron chi connectivity index (χ4n) is 2.22. The average molecular weight is 349 g/mol. The summed E-state index contributed by atoms with van der Waals surface area (Å²) in [4.78, 5) is 24.3. The molecule has 1 N–H and O–H groups in total. The van der Waals surface area contributed by atoms with Crippen LogP contribution in [0.2, 0.25) is 0 Å². The molecule has 4 nitrogen and oxygen atoms in total. The van der Waals surface area contributed by atoms with Gasteiger partial charge >= 0.3 is 5.97 Å². The second kappa shape index (κ2) is 8.59. The number of hydrogen-bond acceptors (Lipinski definition) is 4. The summed E-state index contributed by atoms with van der Waals surface area (Å²) >= 11 is 1.26. The second-order valence-corrected chi connectivity index (χ2v) is 6.11. The number of unbranched alkanes of at least 4 members (excludes halogenated alkanes) is 1. The van der Waals surface area contributed by atoms with Gasteiger partial charge in [-0.3, -0.25) is 4.79 Å². The quantitative estimate of drug-likeness (QED) is 0.726. The van der Waals surface area contributed by atoms with Crippen LogP contribution in [-0.4, -0.2) is 18.5 Å². The number of ether oxygens (including phenoxy) is 1. The highest BCUT2D eigenvalue weighted by atomic mass is 32.1. The van der Waals surface area contributed by atoms with Crippen LogP contribution >= 0.6 is 11.3 Å². The average Bonchev–Trinajstić information content (AvgIpc) is 2.97. The number of benzene rings is 1. The van der Waals surface area contributed by atoms with Crippen molar-refractivity contribution in [2.75, 3.05) is 11.9 Å². The molecule has 0 saturated carbocycles. The molecule has 6 heteroatoms. The summed E-state index contributed by atoms with van der Waals surface area (Å²) < 4.78 is 18.2. The molecular weight excluding hydrogens is 329 g/mol. The molecule has 2 rings (SSSR count). The number of carbonyl (C=O) groups excluding carboxylic acids is 2. The lowest BCUT2D eigenvalue weighted by Crippen LogP contribution is -2.14. The number of amides is 1. The van der Waals surface area contributed by atoms with Gasteiger partial charge in [0.15, 0.2) is 0 Å². The topological polar surface area (TPSA) is 55.4 Å². The lowest BCUT2D eigenvalue weighted by atomic mass is 10.0. The van der Waals surface area contributed by atoms with Crippen molar-refractivity contribution < 1.29 is 18.7 Å². The third-order valence-electron chi connectivity index (χ3n) is 3.44. The van der Waals surface area contributed by atoms with Crippen molar-refractivity contribution in [2.24, 2.45) is 0 Å². The minimum Gasteiger partial charge on any atom is -0.462 e. The molecule has 0 atom stereocenters. The lowest BCUT2D eigenvalue weighted by Gasteiger charge is -2.08. The first-order chi connectivity index (χ1) is 11.6. The van der Waals surface area contributed by atoms with Crippen molar-refractivity contribution in [3.05, 3.63) is 41.0 Å². The van der Waals surface area contributed by atoms with Gasteiger partial charge in [0.1, 0.15) is 16.4 Å². The second-order valence-electron chi connectivity index (χ2n) is 5.23. The van der Waals surface area contributed by atoms with E-state index in [1.165, 1.54) is 23.5 Å². The van der Waals surface area contributed by atoms with Gasteiger partial charge < -0.3 is 10.1 Å². The maximum atomic E-state index is 13.1. The molecule has 0 bridgehead atoms. The van der Waals surface area contributed by atoms with E-state index in [4.69, 9.17) is 4.74 Å². The van der Waals surface area contributed by atoms with E-state index in [0.29, 0.717) is 28.1 Å². The van der Waals surface area contributed by atoms with Gasteiger partial charge in [0.2, 0.25) is 5.91 Å². The standard InChI is InChI=1S/C18H20FNO3S/c1-3-5-6-15(21)20-17-16(18(22)23-4-2)14(11-24-17)12-7-9-13(19)10-8-12/h7-11H,3-6H2,1-2H3,(H,20,21). The molecule has 0 saturated heterocycles. The molecule has 0 radical (unpaired) electrons. The Morgan fingerprint density at radius 1 is 1.21 bits per heavy atom. The lowest BCUT2D eigenvalue weighted by molar-refractivity contribution is -0.116. The van der Waals surface area contributed by atoms with Gasteiger partial charge in [-0.1, -0.05) is 25.5 Å². The minimum atomic E-state index is -0.496. The van der Waals surface area contributed by atoms with Crippen molar-refractivity contribution in [1.82, 2.24) is 0 Å². The summed E-state index contributed by atoms with van der Waals surface area (Å²) in [6, 6.07) is 5.87. The van der Waals surface area contributed by atoms with Crippen molar-refractivity contribution in [2.45, 2.75) is 33.1 Å². The smallest absolute Gasteiger partial charge is 0.341 e. The van der Waals surface area contributed by atoms with E-state index in [1.54, 1.807) is 24.4 Å². The van der Waals surface area contributed by atoms with E-state index in [2.05, 4.69) is 5.32 Å². The van der Waals surface area contributed by atoms with Gasteiger partial charge in [0, 0.05) is 17.4 Å². The Morgan fingerprint density at radius 2 is 1.92 bits per heavy atom. The summed E-state index contributed by atoms with van der Waals surface area (Å²) in [5.41, 5.74) is 1.65. The molecule has 24 heavy (non-hydrogen) atoms. The molecule has 128 valence electrons. The van der Waals surface area contributed by atoms with E-state index in [9.17, 15) is 14.0 Å². The third-order valence-corrected chi connectivity index (χ3v) is 4.33. The largest absolute Gasteiger partial charge is 0.462 e. The van der Waals surface area contributed by atoms with E-state index in [0.717, 1.165) is 12.8 Å². The van der Waals surface area contributed by atoms with Gasteiger partial charge in [0.25, 0.3) is 0 Å². The van der Waals surface area contributed by atoms with Crippen molar-refractivity contribution in [1.29, 1.82) is 0 Å². The van der Waals surface area contributed by atoms with Gasteiger partial charge in [-0.25, -0.2) is 9.18 Å². The van der Waals surface area contributed by atoms with Crippen LogP contribution in [0.5, 0.6) is 0 Å². The monoisotopic (exact) mass is 349 g/mol. The summed E-state index contributed by atoms with van der Waals surface area (Å²) in [5.74, 6) is -0.974. The SMILES string of the molecule is CCCCC(=O)Nc1scc(-c2ccc(F)cc2)c1C(=O)OCC. The number of halogens is 1. The number of hydrogen-bond donors (Lipinski definition) is 1. The Bertz CT molecular complexity index is 710. The van der Waals surface area contributed by atoms with E-state index in [-0.39, 0.29) is 18.3 Å². The zero-order chi connectivity index (χ0) is 17.5. The van der Waals surface area contributed by atoms with Crippen LogP contribution < -0.4 is 5.32 Å². The maximum absolute atomic E-state index is 13.1. The molecular formula is C18H20FNO3S. The molecule has 0 fully saturated rings. The van der Waals surface area contributed by atoms with E-state index < -0.39 is 5.97 Å². The van der Waals surface area contributed by atoms with Crippen molar-refractivity contribution in [3.8, 4) is 11.1 Å². The number of rotatable bonds is 7. The molecule has 1 heterocycles. The summed E-state index contributed by atoms with van der Waals surface area (Å²) in [6.07, 6.45) is 2.11. The van der Waals surface area contributed by atoms with Gasteiger partial charge in [0.05, 0.1) is 6.61 Å². The fourth-order valence-corrected chi connectivity index (χ4v) is 3.20. The number of anilines is 1. The molecule has 0 aliphatic carbocycles. The Hall–Kier alpha value is -2.21. The Labute approximate surface area is 144 Å². The molecule has 0 aliphatic heterocycles. The van der Waals surface area contributed by atoms with Crippen LogP contribution in [0.15, 0.2) is 29.6 Å². The van der Waals surface area contributed by atoms with E-state index >= 15 is 0 Å². The molecule has 1 amide bonds. The van der Waals surface area contributed by atoms with Crippen LogP contribution in [-0.2, 0) is 9.53 Å². The first kappa shape index (κ1) is 18.1. The number of thiophene rings is 1. The Morgan fingerprint density at radius 3 is 2.54 bits per heavy atom. The molecule has 1 aromatic heterocycles. The molecule has 2 aromatic rings. The Balaban J connectivity index is 2.35. The fraction of sp³-hybridized carbons (Fsp3) is 0.333. The molecule has 0 unspecified atom stereocenters. The van der Waals surface area contributed by atoms with Crippen LogP contribution in [0.3, 0.4) is 0 Å². The van der Waals surface area contributed by atoms with Crippen LogP contribution in [0.25, 0.3) is 11.1 Å². The maximum Gasteiger partial charge on any atom is 0.341 e. The molecule has 1 aromatic carbocycles. The predicted molar refractivity (Wildman–Crippen MR) is 93.8 cm³/mol. The van der Waals surface area contributed by atoms with Crippen molar-refractivity contribution in [3.63, 3.8) is 0 Å². The first-order valence-corrected chi connectivity index (χ1v) is 8.79. The number of esters is 1. The summed E-state index contributed by atoms with van der Waals surface area (Å²) in [5, 5.41) is 5.03. The summed E-state index contributed by atoms with van der Waals surface area (Å²) in [6.45, 7) is 3.97. The summed E-state index contributed by atoms with van der Waals surface area (Å²) in [7, 11) is 0. The zero-order valence-electron chi connectivity index (χ0n) is 13.7. The molecule has 0 aliphatic rings. The highest BCUT2D eigenvalue weighted by molar-refractivity contribution is 7.15. The van der Waals surface area contributed by atoms with Gasteiger partial charge in [-0.05, 0) is 31.0 Å². The van der Waals surface area contributed by atoms with Crippen molar-refractivity contribution >= 4 is 28.2 Å². The highest BCUT2D eigenvalue weighted by Crippen LogP contribution is 2.36. The Kier molecular flexibility index (Phi) is 6.49. The normalized spacial score (nSPS) is 10.5. The first-order valence-electron chi connectivity index (χ1n) is 7.91. The van der Waals surface area contributed by atoms with Crippen LogP contribution in [0.1, 0.15) is 43.5 Å². The van der Waals surface area contributed by atoms with Gasteiger partial charge in [-0.2, -0.15) is 0 Å². The third kappa shape index (κ3) is 4.41. The van der Waals surface area contributed by atoms with E-state index in [1.807, 2.05) is 6.92 Å². The van der Waals surface area contributed by atoms with Crippen LogP contribution in [0.4, 0.5) is 9.39 Å². The number of nitrogens with one attached hydrogen (secondary N) is 1. The van der Waals surface area contributed by atoms with Gasteiger partial charge in [-0.15, -0.1) is 11.3 Å². The minimum absolute atomic E-state index is 0.130. The highest BCUT2D eigenvalue weighted by Gasteiger charge is 2.22. The molecule has 0 spiro atoms. The van der Waals surface area contributed by atoms with Crippen LogP contribution in [0, 0.1) is 5.82 Å². The predicted octanol–water partition coefficient (Wildman–Crippen LogP) is 4.86.